The van der Waals surface area contributed by atoms with Crippen LogP contribution in [0.15, 0.2) is 23.5 Å². The Kier molecular flexibility index (Phi) is 9.62. The zero-order valence-electron chi connectivity index (χ0n) is 14.7. The van der Waals surface area contributed by atoms with E-state index in [1.165, 1.54) is 31.4 Å². The molecule has 1 fully saturated rings. The molecule has 6 heteroatoms. The van der Waals surface area contributed by atoms with Crippen LogP contribution < -0.4 is 10.6 Å². The van der Waals surface area contributed by atoms with Crippen LogP contribution in [-0.2, 0) is 13.6 Å². The first-order valence-corrected chi connectivity index (χ1v) is 8.60. The highest BCUT2D eigenvalue weighted by Crippen LogP contribution is 2.15. The molecule has 0 spiro atoms. The van der Waals surface area contributed by atoms with E-state index in [1.54, 1.807) is 0 Å². The van der Waals surface area contributed by atoms with E-state index in [-0.39, 0.29) is 24.0 Å². The molecular formula is C17H32IN5. The number of likely N-dealkylation sites (tertiary alicyclic amines) is 1. The molecule has 1 atom stereocenters. The summed E-state index contributed by atoms with van der Waals surface area (Å²) in [6.45, 7) is 9.34. The average Bonchev–Trinajstić information content (AvgIpc) is 2.96. The molecule has 5 nitrogen and oxygen atoms in total. The van der Waals surface area contributed by atoms with Gasteiger partial charge in [-0.2, -0.15) is 0 Å². The molecule has 1 aliphatic rings. The lowest BCUT2D eigenvalue weighted by atomic mass is 10.0. The molecule has 132 valence electrons. The molecule has 0 radical (unpaired) electrons. The minimum absolute atomic E-state index is 0. The van der Waals surface area contributed by atoms with Crippen molar-refractivity contribution in [3.05, 3.63) is 24.0 Å². The zero-order valence-corrected chi connectivity index (χ0v) is 17.0. The summed E-state index contributed by atoms with van der Waals surface area (Å²) in [6.07, 6.45) is 8.16. The highest BCUT2D eigenvalue weighted by atomic mass is 127. The first-order valence-electron chi connectivity index (χ1n) is 8.60. The predicted molar refractivity (Wildman–Crippen MR) is 109 cm³/mol. The number of aromatic nitrogens is 1. The summed E-state index contributed by atoms with van der Waals surface area (Å²) in [5.41, 5.74) is 1.24. The number of halogens is 1. The van der Waals surface area contributed by atoms with Crippen LogP contribution in [0.3, 0.4) is 0 Å². The standard InChI is InChI=1S/C17H31N5.HI/c1-4-18-17(19-12-15-9-11-21(3)14-15)20-13-16-8-6-7-10-22(16)5-2;/h9,11,14,16H,4-8,10,12-13H2,1-3H3,(H2,18,19,20);1H. The van der Waals surface area contributed by atoms with Crippen molar-refractivity contribution in [2.45, 2.75) is 45.7 Å². The van der Waals surface area contributed by atoms with Crippen LogP contribution in [-0.4, -0.2) is 47.6 Å². The van der Waals surface area contributed by atoms with Gasteiger partial charge in [0.1, 0.15) is 0 Å². The number of piperidine rings is 1. The van der Waals surface area contributed by atoms with Gasteiger partial charge in [0, 0.05) is 38.6 Å². The maximum absolute atomic E-state index is 4.69. The van der Waals surface area contributed by atoms with E-state index >= 15 is 0 Å². The van der Waals surface area contributed by atoms with Gasteiger partial charge < -0.3 is 15.2 Å². The molecule has 23 heavy (non-hydrogen) atoms. The summed E-state index contributed by atoms with van der Waals surface area (Å²) in [5.74, 6) is 0.924. The van der Waals surface area contributed by atoms with Crippen LogP contribution in [0.4, 0.5) is 0 Å². The summed E-state index contributed by atoms with van der Waals surface area (Å²) >= 11 is 0. The van der Waals surface area contributed by atoms with Crippen LogP contribution in [0.5, 0.6) is 0 Å². The third-order valence-electron chi connectivity index (χ3n) is 4.32. The Bertz CT molecular complexity index is 471. The fourth-order valence-corrected chi connectivity index (χ4v) is 3.09. The summed E-state index contributed by atoms with van der Waals surface area (Å²) in [6, 6.07) is 2.76. The van der Waals surface area contributed by atoms with Gasteiger partial charge >= 0.3 is 0 Å². The smallest absolute Gasteiger partial charge is 0.191 e. The molecule has 1 aromatic rings. The van der Waals surface area contributed by atoms with Crippen molar-refractivity contribution in [3.63, 3.8) is 0 Å². The van der Waals surface area contributed by atoms with Gasteiger partial charge in [-0.3, -0.25) is 4.90 Å². The first-order chi connectivity index (χ1) is 10.7. The average molecular weight is 433 g/mol. The SMILES string of the molecule is CCNC(=NCc1ccn(C)c1)NCC1CCCCN1CC.I. The van der Waals surface area contributed by atoms with E-state index in [1.807, 2.05) is 7.05 Å². The summed E-state index contributed by atoms with van der Waals surface area (Å²) in [5, 5.41) is 6.87. The number of nitrogens with one attached hydrogen (secondary N) is 2. The van der Waals surface area contributed by atoms with E-state index < -0.39 is 0 Å². The number of hydrogen-bond acceptors (Lipinski definition) is 2. The maximum Gasteiger partial charge on any atom is 0.191 e. The van der Waals surface area contributed by atoms with Gasteiger partial charge in [-0.15, -0.1) is 24.0 Å². The van der Waals surface area contributed by atoms with E-state index in [9.17, 15) is 0 Å². The quantitative estimate of drug-likeness (QED) is 0.412. The molecule has 1 unspecified atom stereocenters. The van der Waals surface area contributed by atoms with E-state index in [2.05, 4.69) is 52.4 Å². The minimum atomic E-state index is 0. The Morgan fingerprint density at radius 2 is 2.13 bits per heavy atom. The molecule has 1 saturated heterocycles. The van der Waals surface area contributed by atoms with Gasteiger partial charge in [0.2, 0.25) is 0 Å². The van der Waals surface area contributed by atoms with E-state index in [4.69, 9.17) is 4.99 Å². The highest BCUT2D eigenvalue weighted by molar-refractivity contribution is 14.0. The lowest BCUT2D eigenvalue weighted by molar-refractivity contribution is 0.157. The van der Waals surface area contributed by atoms with Crippen LogP contribution in [0.25, 0.3) is 0 Å². The van der Waals surface area contributed by atoms with E-state index in [0.717, 1.165) is 32.1 Å². The molecule has 2 heterocycles. The van der Waals surface area contributed by atoms with Crippen molar-refractivity contribution < 1.29 is 0 Å². The second-order valence-electron chi connectivity index (χ2n) is 6.04. The molecule has 2 N–H and O–H groups in total. The fraction of sp³-hybridized carbons (Fsp3) is 0.706. The Labute approximate surface area is 157 Å². The highest BCUT2D eigenvalue weighted by Gasteiger charge is 2.20. The second-order valence-corrected chi connectivity index (χ2v) is 6.04. The first kappa shape index (κ1) is 20.3. The number of hydrogen-bond donors (Lipinski definition) is 2. The lowest BCUT2D eigenvalue weighted by Crippen LogP contribution is -2.49. The fourth-order valence-electron chi connectivity index (χ4n) is 3.09. The second kappa shape index (κ2) is 10.9. The number of likely N-dealkylation sites (N-methyl/N-ethyl adjacent to an activating group) is 1. The number of guanidine groups is 1. The number of rotatable bonds is 6. The third kappa shape index (κ3) is 6.71. The van der Waals surface area contributed by atoms with Crippen molar-refractivity contribution in [1.82, 2.24) is 20.1 Å². The number of nitrogens with zero attached hydrogens (tertiary/aromatic N) is 3. The van der Waals surface area contributed by atoms with Crippen molar-refractivity contribution in [2.24, 2.45) is 12.0 Å². The summed E-state index contributed by atoms with van der Waals surface area (Å²) < 4.78 is 2.06. The normalized spacial score (nSPS) is 19.3. The van der Waals surface area contributed by atoms with Crippen molar-refractivity contribution in [1.29, 1.82) is 0 Å². The molecule has 0 bridgehead atoms. The van der Waals surface area contributed by atoms with E-state index in [0.29, 0.717) is 6.04 Å². The molecule has 1 aliphatic heterocycles. The van der Waals surface area contributed by atoms with Gasteiger partial charge in [-0.1, -0.05) is 13.3 Å². The molecule has 0 aliphatic carbocycles. The number of aliphatic imine (C=N–C) groups is 1. The maximum atomic E-state index is 4.69. The molecule has 2 rings (SSSR count). The van der Waals surface area contributed by atoms with Crippen molar-refractivity contribution in [2.75, 3.05) is 26.2 Å². The van der Waals surface area contributed by atoms with Gasteiger partial charge in [0.05, 0.1) is 6.54 Å². The lowest BCUT2D eigenvalue weighted by Gasteiger charge is -2.35. The Morgan fingerprint density at radius 1 is 1.30 bits per heavy atom. The Balaban J connectivity index is 0.00000264. The van der Waals surface area contributed by atoms with Gasteiger partial charge in [0.25, 0.3) is 0 Å². The van der Waals surface area contributed by atoms with Gasteiger partial charge in [0.15, 0.2) is 5.96 Å². The third-order valence-corrected chi connectivity index (χ3v) is 4.32. The molecule has 0 saturated carbocycles. The Hall–Kier alpha value is -0.760. The topological polar surface area (TPSA) is 44.6 Å². The summed E-state index contributed by atoms with van der Waals surface area (Å²) in [7, 11) is 2.04. The molecular weight excluding hydrogens is 401 g/mol. The van der Waals surface area contributed by atoms with Crippen LogP contribution in [0.1, 0.15) is 38.7 Å². The molecule has 0 aromatic carbocycles. The molecule has 0 amide bonds. The van der Waals surface area contributed by atoms with Crippen molar-refractivity contribution in [3.8, 4) is 0 Å². The number of aryl methyl sites for hydroxylation is 1. The minimum Gasteiger partial charge on any atom is -0.357 e. The van der Waals surface area contributed by atoms with Crippen molar-refractivity contribution >= 4 is 29.9 Å². The molecule has 1 aromatic heterocycles. The summed E-state index contributed by atoms with van der Waals surface area (Å²) in [4.78, 5) is 7.28. The van der Waals surface area contributed by atoms with Crippen LogP contribution >= 0.6 is 24.0 Å². The zero-order chi connectivity index (χ0) is 15.8. The predicted octanol–water partition coefficient (Wildman–Crippen LogP) is 2.57. The van der Waals surface area contributed by atoms with Crippen LogP contribution in [0, 0.1) is 0 Å². The van der Waals surface area contributed by atoms with Gasteiger partial charge in [-0.05, 0) is 44.5 Å². The monoisotopic (exact) mass is 433 g/mol. The largest absolute Gasteiger partial charge is 0.357 e. The van der Waals surface area contributed by atoms with Crippen LogP contribution in [0.2, 0.25) is 0 Å². The van der Waals surface area contributed by atoms with Gasteiger partial charge in [-0.25, -0.2) is 4.99 Å². The Morgan fingerprint density at radius 3 is 2.78 bits per heavy atom.